The normalized spacial score (nSPS) is 22.8. The zero-order valence-electron chi connectivity index (χ0n) is 16.4. The predicted molar refractivity (Wildman–Crippen MR) is 111 cm³/mol. The molecule has 3 aliphatic rings. The van der Waals surface area contributed by atoms with Gasteiger partial charge < -0.3 is 4.90 Å². The summed E-state index contributed by atoms with van der Waals surface area (Å²) < 4.78 is 11.7. The molecule has 2 aliphatic heterocycles. The topological polar surface area (TPSA) is 38.8 Å². The molecule has 27 heavy (non-hydrogen) atoms. The Kier molecular flexibility index (Phi) is 5.66. The van der Waals surface area contributed by atoms with Crippen LogP contribution in [0, 0.1) is 5.92 Å². The van der Waals surface area contributed by atoms with Gasteiger partial charge in [0.15, 0.2) is 0 Å². The first kappa shape index (κ1) is 18.7. The van der Waals surface area contributed by atoms with Crippen LogP contribution in [0.15, 0.2) is 47.0 Å². The van der Waals surface area contributed by atoms with Crippen molar-refractivity contribution in [1.29, 1.82) is 0 Å². The van der Waals surface area contributed by atoms with Crippen LogP contribution >= 0.6 is 0 Å². The number of rotatable bonds is 6. The van der Waals surface area contributed by atoms with Gasteiger partial charge in [-0.3, -0.25) is 19.5 Å². The summed E-state index contributed by atoms with van der Waals surface area (Å²) in [6, 6.07) is 8.09. The minimum atomic E-state index is -0.936. The maximum Gasteiger partial charge on any atom is 0.0618 e. The summed E-state index contributed by atoms with van der Waals surface area (Å²) >= 11 is 0. The molecular weight excluding hydrogens is 356 g/mol. The lowest BCUT2D eigenvalue weighted by Gasteiger charge is -2.35. The number of nitrogens with one attached hydrogen (secondary N) is 1. The van der Waals surface area contributed by atoms with Gasteiger partial charge in [0, 0.05) is 67.4 Å². The van der Waals surface area contributed by atoms with E-state index in [-0.39, 0.29) is 0 Å². The summed E-state index contributed by atoms with van der Waals surface area (Å²) in [4.78, 5) is 5.81. The van der Waals surface area contributed by atoms with Crippen LogP contribution in [0.25, 0.3) is 5.70 Å². The molecule has 0 amide bonds. The molecule has 4 rings (SSSR count). The van der Waals surface area contributed by atoms with Gasteiger partial charge in [-0.1, -0.05) is 12.1 Å². The Labute approximate surface area is 165 Å². The van der Waals surface area contributed by atoms with Gasteiger partial charge in [-0.25, -0.2) is 0 Å². The highest BCUT2D eigenvalue weighted by Gasteiger charge is 2.25. The number of nitrogens with zero attached hydrogens (tertiary/aromatic N) is 3. The lowest BCUT2D eigenvalue weighted by Crippen LogP contribution is -2.45. The standard InChI is InChI=1S/C21H30N4OS/c1-23-9-11-24(12-10-23)14-18-13-21(22-25(16-18)15-17-3-4-17)19-5-7-20(8-6-19)27(2)26/h5-8,13,16-17,22H,3-4,9-12,14-15H2,1-2H3. The Morgan fingerprint density at radius 2 is 1.81 bits per heavy atom. The summed E-state index contributed by atoms with van der Waals surface area (Å²) in [5.74, 6) is 0.822. The number of hydrogen-bond donors (Lipinski definition) is 1. The van der Waals surface area contributed by atoms with Gasteiger partial charge in [0.05, 0.1) is 5.70 Å². The minimum absolute atomic E-state index is 0.822. The van der Waals surface area contributed by atoms with Crippen LogP contribution in [0.4, 0.5) is 0 Å². The quantitative estimate of drug-likeness (QED) is 0.811. The molecule has 0 aromatic heterocycles. The fourth-order valence-electron chi connectivity index (χ4n) is 3.64. The highest BCUT2D eigenvalue weighted by atomic mass is 32.2. The SMILES string of the molecule is CN1CCN(CC2=CN(CC3CC3)NC(c3ccc(S(C)=O)cc3)=C2)CC1. The summed E-state index contributed by atoms with van der Waals surface area (Å²) in [5, 5.41) is 2.27. The third-order valence-corrected chi connectivity index (χ3v) is 6.50. The molecular formula is C21H30N4OS. The number of piperazine rings is 1. The molecule has 2 fully saturated rings. The second-order valence-electron chi connectivity index (χ2n) is 8.03. The van der Waals surface area contributed by atoms with Crippen molar-refractivity contribution in [1.82, 2.24) is 20.2 Å². The molecule has 146 valence electrons. The maximum atomic E-state index is 11.7. The Balaban J connectivity index is 1.51. The monoisotopic (exact) mass is 386 g/mol. The van der Waals surface area contributed by atoms with Crippen LogP contribution in [0.1, 0.15) is 18.4 Å². The first-order chi connectivity index (χ1) is 13.1. The Hall–Kier alpha value is -1.63. The van der Waals surface area contributed by atoms with Crippen molar-refractivity contribution in [2.75, 3.05) is 52.6 Å². The van der Waals surface area contributed by atoms with Crippen molar-refractivity contribution in [2.24, 2.45) is 5.92 Å². The molecule has 1 aromatic carbocycles. The van der Waals surface area contributed by atoms with E-state index in [1.165, 1.54) is 18.4 Å². The molecule has 1 aliphatic carbocycles. The van der Waals surface area contributed by atoms with E-state index in [1.807, 2.05) is 12.1 Å². The Bertz CT molecular complexity index is 746. The van der Waals surface area contributed by atoms with Gasteiger partial charge in [0.2, 0.25) is 0 Å². The van der Waals surface area contributed by atoms with Gasteiger partial charge in [-0.15, -0.1) is 0 Å². The summed E-state index contributed by atoms with van der Waals surface area (Å²) in [6.07, 6.45) is 8.97. The first-order valence-electron chi connectivity index (χ1n) is 9.87. The fraction of sp³-hybridized carbons (Fsp3) is 0.524. The van der Waals surface area contributed by atoms with Crippen LogP contribution in [-0.4, -0.2) is 71.6 Å². The van der Waals surface area contributed by atoms with Crippen LogP contribution in [0.3, 0.4) is 0 Å². The van der Waals surface area contributed by atoms with E-state index in [9.17, 15) is 4.21 Å². The molecule has 6 heteroatoms. The summed E-state index contributed by atoms with van der Waals surface area (Å²) in [5.41, 5.74) is 7.22. The van der Waals surface area contributed by atoms with E-state index in [0.29, 0.717) is 0 Å². The molecule has 0 spiro atoms. The van der Waals surface area contributed by atoms with Crippen molar-refractivity contribution in [3.63, 3.8) is 0 Å². The first-order valence-corrected chi connectivity index (χ1v) is 11.4. The predicted octanol–water partition coefficient (Wildman–Crippen LogP) is 2.13. The number of likely N-dealkylation sites (N-methyl/N-ethyl adjacent to an activating group) is 1. The van der Waals surface area contributed by atoms with Gasteiger partial charge >= 0.3 is 0 Å². The van der Waals surface area contributed by atoms with Crippen molar-refractivity contribution < 1.29 is 4.21 Å². The fourth-order valence-corrected chi connectivity index (χ4v) is 4.16. The van der Waals surface area contributed by atoms with E-state index in [2.05, 4.69) is 51.7 Å². The van der Waals surface area contributed by atoms with Crippen molar-refractivity contribution in [3.8, 4) is 0 Å². The van der Waals surface area contributed by atoms with Gasteiger partial charge in [0.1, 0.15) is 0 Å². The van der Waals surface area contributed by atoms with Crippen molar-refractivity contribution in [3.05, 3.63) is 47.7 Å². The highest BCUT2D eigenvalue weighted by Crippen LogP contribution is 2.31. The number of benzene rings is 1. The van der Waals surface area contributed by atoms with Crippen LogP contribution < -0.4 is 5.43 Å². The van der Waals surface area contributed by atoms with Gasteiger partial charge in [-0.2, -0.15) is 0 Å². The van der Waals surface area contributed by atoms with Crippen LogP contribution in [-0.2, 0) is 10.8 Å². The largest absolute Gasteiger partial charge is 0.304 e. The average molecular weight is 387 g/mol. The van der Waals surface area contributed by atoms with Gasteiger partial charge in [-0.05, 0) is 55.2 Å². The smallest absolute Gasteiger partial charge is 0.0618 e. The Morgan fingerprint density at radius 3 is 2.44 bits per heavy atom. The zero-order chi connectivity index (χ0) is 18.8. The van der Waals surface area contributed by atoms with Crippen molar-refractivity contribution >= 4 is 16.5 Å². The van der Waals surface area contributed by atoms with Crippen molar-refractivity contribution in [2.45, 2.75) is 17.7 Å². The zero-order valence-corrected chi connectivity index (χ0v) is 17.2. The summed E-state index contributed by atoms with van der Waals surface area (Å²) in [6.45, 7) is 6.61. The molecule has 1 N–H and O–H groups in total. The van der Waals surface area contributed by atoms with Gasteiger partial charge in [0.25, 0.3) is 0 Å². The molecule has 1 saturated heterocycles. The second-order valence-corrected chi connectivity index (χ2v) is 9.41. The Morgan fingerprint density at radius 1 is 1.11 bits per heavy atom. The molecule has 5 nitrogen and oxygen atoms in total. The average Bonchev–Trinajstić information content (AvgIpc) is 3.47. The van der Waals surface area contributed by atoms with E-state index in [4.69, 9.17) is 0 Å². The molecule has 1 atom stereocenters. The summed E-state index contributed by atoms with van der Waals surface area (Å²) in [7, 11) is 1.26. The van der Waals surface area contributed by atoms with Crippen LogP contribution in [0.5, 0.6) is 0 Å². The molecule has 1 unspecified atom stereocenters. The number of hydrogen-bond acceptors (Lipinski definition) is 5. The van der Waals surface area contributed by atoms with E-state index < -0.39 is 10.8 Å². The molecule has 0 radical (unpaired) electrons. The number of hydrazine groups is 1. The molecule has 0 bridgehead atoms. The third kappa shape index (κ3) is 5.00. The lowest BCUT2D eigenvalue weighted by molar-refractivity contribution is 0.163. The van der Waals surface area contributed by atoms with E-state index >= 15 is 0 Å². The molecule has 1 saturated carbocycles. The maximum absolute atomic E-state index is 11.7. The van der Waals surface area contributed by atoms with E-state index in [1.54, 1.807) is 6.26 Å². The molecule has 2 heterocycles. The van der Waals surface area contributed by atoms with E-state index in [0.717, 1.165) is 61.3 Å². The molecule has 1 aromatic rings. The highest BCUT2D eigenvalue weighted by molar-refractivity contribution is 7.84. The van der Waals surface area contributed by atoms with Crippen LogP contribution in [0.2, 0.25) is 0 Å². The minimum Gasteiger partial charge on any atom is -0.304 e. The lowest BCUT2D eigenvalue weighted by atomic mass is 10.1. The third-order valence-electron chi connectivity index (χ3n) is 5.57. The second kappa shape index (κ2) is 8.17.